The number of hydrogen-bond donors (Lipinski definition) is 1. The molecule has 0 atom stereocenters. The molecule has 16 heavy (non-hydrogen) atoms. The van der Waals surface area contributed by atoms with Gasteiger partial charge in [-0.2, -0.15) is 0 Å². The second-order valence-electron chi connectivity index (χ2n) is 3.46. The molecule has 0 aliphatic carbocycles. The van der Waals surface area contributed by atoms with E-state index >= 15 is 0 Å². The highest BCUT2D eigenvalue weighted by Gasteiger charge is 2.12. The number of ether oxygens (including phenoxy) is 1. The summed E-state index contributed by atoms with van der Waals surface area (Å²) in [5.74, 6) is -0.0590. The van der Waals surface area contributed by atoms with E-state index in [9.17, 15) is 4.79 Å². The van der Waals surface area contributed by atoms with Crippen molar-refractivity contribution in [3.63, 3.8) is 0 Å². The highest BCUT2D eigenvalue weighted by Crippen LogP contribution is 2.20. The largest absolute Gasteiger partial charge is 0.398 e. The predicted octanol–water partition coefficient (Wildman–Crippen LogP) is 1.75. The van der Waals surface area contributed by atoms with Crippen LogP contribution in [-0.4, -0.2) is 38.1 Å². The lowest BCUT2D eigenvalue weighted by Crippen LogP contribution is -2.29. The Morgan fingerprint density at radius 1 is 1.56 bits per heavy atom. The number of nitrogens with zero attached hydrogens (tertiary/aromatic N) is 1. The molecular formula is C11H15BrN2O2. The fraction of sp³-hybridized carbons (Fsp3) is 0.364. The maximum absolute atomic E-state index is 11.9. The summed E-state index contributed by atoms with van der Waals surface area (Å²) in [6.45, 7) is 1.08. The number of likely N-dealkylation sites (N-methyl/N-ethyl adjacent to an activating group) is 1. The van der Waals surface area contributed by atoms with Gasteiger partial charge < -0.3 is 15.4 Å². The maximum atomic E-state index is 11.9. The quantitative estimate of drug-likeness (QED) is 0.858. The minimum absolute atomic E-state index is 0.0590. The molecule has 0 aliphatic rings. The maximum Gasteiger partial charge on any atom is 0.253 e. The van der Waals surface area contributed by atoms with Crippen molar-refractivity contribution in [1.29, 1.82) is 0 Å². The number of anilines is 1. The molecule has 0 heterocycles. The summed E-state index contributed by atoms with van der Waals surface area (Å²) < 4.78 is 5.71. The lowest BCUT2D eigenvalue weighted by molar-refractivity contribution is 0.0744. The number of amides is 1. The van der Waals surface area contributed by atoms with E-state index in [-0.39, 0.29) is 5.91 Å². The second-order valence-corrected chi connectivity index (χ2v) is 4.31. The Morgan fingerprint density at radius 2 is 2.25 bits per heavy atom. The SMILES string of the molecule is COCCN(C)C(=O)c1ccc(Br)c(N)c1. The predicted molar refractivity (Wildman–Crippen MR) is 67.4 cm³/mol. The summed E-state index contributed by atoms with van der Waals surface area (Å²) >= 11 is 3.29. The first kappa shape index (κ1) is 13.0. The molecule has 0 spiro atoms. The van der Waals surface area contributed by atoms with Crippen molar-refractivity contribution in [3.8, 4) is 0 Å². The molecule has 1 aromatic carbocycles. The van der Waals surface area contributed by atoms with Crippen molar-refractivity contribution in [2.24, 2.45) is 0 Å². The number of carbonyl (C=O) groups is 1. The van der Waals surface area contributed by atoms with Crippen LogP contribution in [0.1, 0.15) is 10.4 Å². The number of benzene rings is 1. The van der Waals surface area contributed by atoms with Crippen molar-refractivity contribution in [2.45, 2.75) is 0 Å². The molecule has 0 bridgehead atoms. The summed E-state index contributed by atoms with van der Waals surface area (Å²) in [6.07, 6.45) is 0. The molecule has 0 saturated carbocycles. The van der Waals surface area contributed by atoms with Crippen molar-refractivity contribution in [1.82, 2.24) is 4.90 Å². The highest BCUT2D eigenvalue weighted by atomic mass is 79.9. The number of rotatable bonds is 4. The molecule has 0 saturated heterocycles. The molecule has 5 heteroatoms. The van der Waals surface area contributed by atoms with E-state index < -0.39 is 0 Å². The van der Waals surface area contributed by atoms with E-state index in [1.54, 1.807) is 37.3 Å². The van der Waals surface area contributed by atoms with Crippen LogP contribution in [0, 0.1) is 0 Å². The van der Waals surface area contributed by atoms with E-state index in [4.69, 9.17) is 10.5 Å². The van der Waals surface area contributed by atoms with E-state index in [0.717, 1.165) is 4.47 Å². The Bertz CT molecular complexity index is 382. The molecule has 0 aliphatic heterocycles. The normalized spacial score (nSPS) is 10.2. The molecule has 88 valence electrons. The van der Waals surface area contributed by atoms with Gasteiger partial charge in [0.25, 0.3) is 5.91 Å². The molecule has 0 radical (unpaired) electrons. The van der Waals surface area contributed by atoms with Gasteiger partial charge in [-0.1, -0.05) is 0 Å². The third-order valence-electron chi connectivity index (χ3n) is 2.22. The summed E-state index contributed by atoms with van der Waals surface area (Å²) in [5.41, 5.74) is 6.86. The zero-order valence-corrected chi connectivity index (χ0v) is 11.0. The fourth-order valence-corrected chi connectivity index (χ4v) is 1.47. The van der Waals surface area contributed by atoms with E-state index in [1.165, 1.54) is 0 Å². The van der Waals surface area contributed by atoms with Crippen LogP contribution in [0.5, 0.6) is 0 Å². The summed E-state index contributed by atoms with van der Waals surface area (Å²) in [5, 5.41) is 0. The highest BCUT2D eigenvalue weighted by molar-refractivity contribution is 9.10. The molecule has 0 aromatic heterocycles. The van der Waals surface area contributed by atoms with Gasteiger partial charge in [0, 0.05) is 36.4 Å². The molecule has 1 rings (SSSR count). The molecule has 1 aromatic rings. The zero-order valence-electron chi connectivity index (χ0n) is 9.37. The lowest BCUT2D eigenvalue weighted by atomic mass is 10.2. The van der Waals surface area contributed by atoms with Crippen molar-refractivity contribution >= 4 is 27.5 Å². The summed E-state index contributed by atoms with van der Waals surface area (Å²) in [4.78, 5) is 13.5. The molecule has 0 unspecified atom stereocenters. The zero-order chi connectivity index (χ0) is 12.1. The average Bonchev–Trinajstić information content (AvgIpc) is 2.28. The average molecular weight is 287 g/mol. The summed E-state index contributed by atoms with van der Waals surface area (Å²) in [6, 6.07) is 5.18. The van der Waals surface area contributed by atoms with Crippen molar-refractivity contribution < 1.29 is 9.53 Å². The molecule has 4 nitrogen and oxygen atoms in total. The van der Waals surface area contributed by atoms with Crippen LogP contribution in [0.25, 0.3) is 0 Å². The second kappa shape index (κ2) is 5.86. The molecule has 0 fully saturated rings. The van der Waals surface area contributed by atoms with Gasteiger partial charge in [-0.15, -0.1) is 0 Å². The Labute approximate surface area is 103 Å². The standard InChI is InChI=1S/C11H15BrN2O2/c1-14(5-6-16-2)11(15)8-3-4-9(12)10(13)7-8/h3-4,7H,5-6,13H2,1-2H3. The van der Waals surface area contributed by atoms with Crippen LogP contribution in [0.15, 0.2) is 22.7 Å². The van der Waals surface area contributed by atoms with E-state index in [2.05, 4.69) is 15.9 Å². The van der Waals surface area contributed by atoms with Crippen LogP contribution >= 0.6 is 15.9 Å². The first-order chi connectivity index (χ1) is 7.56. The van der Waals surface area contributed by atoms with E-state index in [1.807, 2.05) is 0 Å². The van der Waals surface area contributed by atoms with Gasteiger partial charge in [0.2, 0.25) is 0 Å². The van der Waals surface area contributed by atoms with Gasteiger partial charge in [-0.25, -0.2) is 0 Å². The number of nitrogens with two attached hydrogens (primary N) is 1. The van der Waals surface area contributed by atoms with Crippen LogP contribution in [0.4, 0.5) is 5.69 Å². The minimum atomic E-state index is -0.0590. The van der Waals surface area contributed by atoms with E-state index in [0.29, 0.717) is 24.4 Å². The van der Waals surface area contributed by atoms with Gasteiger partial charge in [-0.3, -0.25) is 4.79 Å². The van der Waals surface area contributed by atoms with Gasteiger partial charge in [0.05, 0.1) is 6.61 Å². The number of nitrogen functional groups attached to an aromatic ring is 1. The Morgan fingerprint density at radius 3 is 2.81 bits per heavy atom. The van der Waals surface area contributed by atoms with Gasteiger partial charge in [0.15, 0.2) is 0 Å². The minimum Gasteiger partial charge on any atom is -0.398 e. The van der Waals surface area contributed by atoms with Gasteiger partial charge in [0.1, 0.15) is 0 Å². The first-order valence-electron chi connectivity index (χ1n) is 4.85. The Kier molecular flexibility index (Phi) is 4.76. The molecule has 2 N–H and O–H groups in total. The number of carbonyl (C=O) groups excluding carboxylic acids is 1. The number of methoxy groups -OCH3 is 1. The number of halogens is 1. The van der Waals surface area contributed by atoms with Crippen LogP contribution < -0.4 is 5.73 Å². The van der Waals surface area contributed by atoms with Gasteiger partial charge >= 0.3 is 0 Å². The van der Waals surface area contributed by atoms with Crippen LogP contribution in [-0.2, 0) is 4.74 Å². The monoisotopic (exact) mass is 286 g/mol. The van der Waals surface area contributed by atoms with Crippen LogP contribution in [0.3, 0.4) is 0 Å². The molecule has 1 amide bonds. The lowest BCUT2D eigenvalue weighted by Gasteiger charge is -2.16. The van der Waals surface area contributed by atoms with Crippen molar-refractivity contribution in [3.05, 3.63) is 28.2 Å². The van der Waals surface area contributed by atoms with Crippen molar-refractivity contribution in [2.75, 3.05) is 33.0 Å². The van der Waals surface area contributed by atoms with Gasteiger partial charge in [-0.05, 0) is 34.1 Å². The molecular weight excluding hydrogens is 272 g/mol. The summed E-state index contributed by atoms with van der Waals surface area (Å²) in [7, 11) is 3.34. The Balaban J connectivity index is 2.76. The topological polar surface area (TPSA) is 55.6 Å². The fourth-order valence-electron chi connectivity index (χ4n) is 1.23. The Hall–Kier alpha value is -1.07. The first-order valence-corrected chi connectivity index (χ1v) is 5.65. The van der Waals surface area contributed by atoms with Crippen LogP contribution in [0.2, 0.25) is 0 Å². The third-order valence-corrected chi connectivity index (χ3v) is 2.94. The number of hydrogen-bond acceptors (Lipinski definition) is 3. The smallest absolute Gasteiger partial charge is 0.253 e. The third kappa shape index (κ3) is 3.21.